The number of amides is 1. The molecular formula is C14H17BrClNO. The first-order valence-electron chi connectivity index (χ1n) is 6.36. The van der Waals surface area contributed by atoms with Gasteiger partial charge in [-0.1, -0.05) is 37.4 Å². The molecule has 18 heavy (non-hydrogen) atoms. The molecule has 1 atom stereocenters. The van der Waals surface area contributed by atoms with Gasteiger partial charge in [-0.25, -0.2) is 0 Å². The van der Waals surface area contributed by atoms with Crippen LogP contribution in [0, 0.1) is 5.92 Å². The van der Waals surface area contributed by atoms with E-state index in [4.69, 9.17) is 11.6 Å². The van der Waals surface area contributed by atoms with Gasteiger partial charge in [-0.15, -0.1) is 0 Å². The van der Waals surface area contributed by atoms with Crippen molar-refractivity contribution in [2.75, 3.05) is 0 Å². The number of carbonyl (C=O) groups is 1. The Morgan fingerprint density at radius 2 is 2.28 bits per heavy atom. The average Bonchev–Trinajstić information content (AvgIpc) is 3.15. The summed E-state index contributed by atoms with van der Waals surface area (Å²) in [5.41, 5.74) is 0.542. The average molecular weight is 331 g/mol. The largest absolute Gasteiger partial charge is 0.349 e. The van der Waals surface area contributed by atoms with Crippen LogP contribution in [0.3, 0.4) is 0 Å². The molecule has 1 aliphatic carbocycles. The Morgan fingerprint density at radius 3 is 2.89 bits per heavy atom. The minimum absolute atomic E-state index is 0.0752. The van der Waals surface area contributed by atoms with Crippen molar-refractivity contribution in [1.82, 2.24) is 5.32 Å². The van der Waals surface area contributed by atoms with Crippen molar-refractivity contribution >= 4 is 33.4 Å². The maximum Gasteiger partial charge on any atom is 0.253 e. The zero-order valence-corrected chi connectivity index (χ0v) is 12.7. The molecule has 1 saturated carbocycles. The summed E-state index contributed by atoms with van der Waals surface area (Å²) >= 11 is 9.46. The van der Waals surface area contributed by atoms with Crippen LogP contribution in [0.1, 0.15) is 43.0 Å². The van der Waals surface area contributed by atoms with Crippen LogP contribution in [0.25, 0.3) is 0 Å². The van der Waals surface area contributed by atoms with Gasteiger partial charge >= 0.3 is 0 Å². The molecule has 0 aliphatic heterocycles. The first-order valence-corrected chi connectivity index (χ1v) is 7.53. The minimum Gasteiger partial charge on any atom is -0.349 e. The Balaban J connectivity index is 2.03. The van der Waals surface area contributed by atoms with E-state index in [1.54, 1.807) is 6.07 Å². The number of benzene rings is 1. The van der Waals surface area contributed by atoms with Crippen molar-refractivity contribution in [3.05, 3.63) is 33.3 Å². The molecule has 2 nitrogen and oxygen atoms in total. The summed E-state index contributed by atoms with van der Waals surface area (Å²) in [5.74, 6) is 0.738. The molecule has 0 saturated heterocycles. The van der Waals surface area contributed by atoms with E-state index in [9.17, 15) is 4.79 Å². The molecule has 0 radical (unpaired) electrons. The SMILES string of the molecule is CCC(CC1CC1)NC(=O)c1cccc(Br)c1Cl. The van der Waals surface area contributed by atoms with E-state index in [-0.39, 0.29) is 11.9 Å². The van der Waals surface area contributed by atoms with Crippen LogP contribution in [-0.2, 0) is 0 Å². The fourth-order valence-electron chi connectivity index (χ4n) is 2.03. The summed E-state index contributed by atoms with van der Waals surface area (Å²) in [5, 5.41) is 3.56. The van der Waals surface area contributed by atoms with E-state index in [0.29, 0.717) is 10.6 Å². The highest BCUT2D eigenvalue weighted by Gasteiger charge is 2.26. The van der Waals surface area contributed by atoms with Gasteiger partial charge < -0.3 is 5.32 Å². The molecule has 2 rings (SSSR count). The molecule has 1 aromatic carbocycles. The minimum atomic E-state index is -0.0752. The van der Waals surface area contributed by atoms with Crippen LogP contribution in [0.5, 0.6) is 0 Å². The molecule has 0 spiro atoms. The van der Waals surface area contributed by atoms with Crippen LogP contribution < -0.4 is 5.32 Å². The van der Waals surface area contributed by atoms with Gasteiger partial charge in [0, 0.05) is 10.5 Å². The summed E-state index contributed by atoms with van der Waals surface area (Å²) in [4.78, 5) is 12.2. The van der Waals surface area contributed by atoms with Crippen molar-refractivity contribution in [2.45, 2.75) is 38.6 Å². The summed E-state index contributed by atoms with van der Waals surface area (Å²) in [6, 6.07) is 5.68. The number of nitrogens with one attached hydrogen (secondary N) is 1. The number of carbonyl (C=O) groups excluding carboxylic acids is 1. The van der Waals surface area contributed by atoms with Gasteiger partial charge in [0.05, 0.1) is 10.6 Å². The Morgan fingerprint density at radius 1 is 1.56 bits per heavy atom. The second-order valence-corrected chi connectivity index (χ2v) is 6.09. The predicted octanol–water partition coefficient (Wildman–Crippen LogP) is 4.41. The Kier molecular flexibility index (Phi) is 4.68. The van der Waals surface area contributed by atoms with Crippen LogP contribution in [0.15, 0.2) is 22.7 Å². The van der Waals surface area contributed by atoms with Gasteiger partial charge in [0.1, 0.15) is 0 Å². The van der Waals surface area contributed by atoms with Gasteiger partial charge in [-0.3, -0.25) is 4.79 Å². The van der Waals surface area contributed by atoms with Gasteiger partial charge in [0.25, 0.3) is 5.91 Å². The molecule has 1 fully saturated rings. The number of hydrogen-bond acceptors (Lipinski definition) is 1. The molecule has 1 aromatic rings. The van der Waals surface area contributed by atoms with E-state index in [2.05, 4.69) is 28.2 Å². The summed E-state index contributed by atoms with van der Waals surface area (Å²) in [7, 11) is 0. The van der Waals surface area contributed by atoms with Crippen molar-refractivity contribution in [3.63, 3.8) is 0 Å². The number of hydrogen-bond donors (Lipinski definition) is 1. The van der Waals surface area contributed by atoms with E-state index in [1.165, 1.54) is 12.8 Å². The van der Waals surface area contributed by atoms with Gasteiger partial charge in [0.2, 0.25) is 0 Å². The van der Waals surface area contributed by atoms with Gasteiger partial charge in [-0.2, -0.15) is 0 Å². The standard InChI is InChI=1S/C14H17BrClNO/c1-2-10(8-9-6-7-9)17-14(18)11-4-3-5-12(15)13(11)16/h3-5,9-10H,2,6-8H2,1H3,(H,17,18). The van der Waals surface area contributed by atoms with E-state index >= 15 is 0 Å². The molecular weight excluding hydrogens is 314 g/mol. The zero-order valence-electron chi connectivity index (χ0n) is 10.4. The second kappa shape index (κ2) is 6.07. The molecule has 0 aromatic heterocycles. The first-order chi connectivity index (χ1) is 8.61. The summed E-state index contributed by atoms with van der Waals surface area (Å²) in [6.07, 6.45) is 4.68. The highest BCUT2D eigenvalue weighted by Crippen LogP contribution is 2.34. The molecule has 0 bridgehead atoms. The third-order valence-electron chi connectivity index (χ3n) is 3.34. The zero-order chi connectivity index (χ0) is 13.1. The highest BCUT2D eigenvalue weighted by molar-refractivity contribution is 9.10. The van der Waals surface area contributed by atoms with Crippen LogP contribution in [-0.4, -0.2) is 11.9 Å². The lowest BCUT2D eigenvalue weighted by atomic mass is 10.1. The first kappa shape index (κ1) is 13.9. The van der Waals surface area contributed by atoms with Crippen LogP contribution >= 0.6 is 27.5 Å². The molecule has 98 valence electrons. The van der Waals surface area contributed by atoms with Gasteiger partial charge in [0.15, 0.2) is 0 Å². The van der Waals surface area contributed by atoms with Gasteiger partial charge in [-0.05, 0) is 46.8 Å². The summed E-state index contributed by atoms with van der Waals surface area (Å²) < 4.78 is 0.757. The Hall–Kier alpha value is -0.540. The van der Waals surface area contributed by atoms with Crippen LogP contribution in [0.2, 0.25) is 5.02 Å². The second-order valence-electron chi connectivity index (χ2n) is 4.86. The Bertz CT molecular complexity index is 445. The molecule has 0 heterocycles. The van der Waals surface area contributed by atoms with Crippen molar-refractivity contribution in [1.29, 1.82) is 0 Å². The lowest BCUT2D eigenvalue weighted by Gasteiger charge is -2.17. The van der Waals surface area contributed by atoms with Crippen molar-refractivity contribution in [2.24, 2.45) is 5.92 Å². The quantitative estimate of drug-likeness (QED) is 0.851. The molecule has 1 N–H and O–H groups in total. The van der Waals surface area contributed by atoms with E-state index in [1.807, 2.05) is 12.1 Å². The van der Waals surface area contributed by atoms with Crippen molar-refractivity contribution in [3.8, 4) is 0 Å². The van der Waals surface area contributed by atoms with E-state index < -0.39 is 0 Å². The monoisotopic (exact) mass is 329 g/mol. The fraction of sp³-hybridized carbons (Fsp3) is 0.500. The lowest BCUT2D eigenvalue weighted by Crippen LogP contribution is -2.34. The maximum atomic E-state index is 12.2. The molecule has 1 unspecified atom stereocenters. The third-order valence-corrected chi connectivity index (χ3v) is 4.64. The Labute approximate surface area is 121 Å². The molecule has 1 amide bonds. The van der Waals surface area contributed by atoms with Crippen molar-refractivity contribution < 1.29 is 4.79 Å². The van der Waals surface area contributed by atoms with Crippen LogP contribution in [0.4, 0.5) is 0 Å². The predicted molar refractivity (Wildman–Crippen MR) is 78.0 cm³/mol. The maximum absolute atomic E-state index is 12.2. The van der Waals surface area contributed by atoms with E-state index in [0.717, 1.165) is 23.2 Å². The molecule has 4 heteroatoms. The smallest absolute Gasteiger partial charge is 0.253 e. The number of halogens is 2. The fourth-order valence-corrected chi connectivity index (χ4v) is 2.60. The lowest BCUT2D eigenvalue weighted by molar-refractivity contribution is 0.0933. The topological polar surface area (TPSA) is 29.1 Å². The summed E-state index contributed by atoms with van der Waals surface area (Å²) in [6.45, 7) is 2.11. The number of rotatable bonds is 5. The molecule has 1 aliphatic rings. The highest BCUT2D eigenvalue weighted by atomic mass is 79.9. The third kappa shape index (κ3) is 3.48. The normalized spacial score (nSPS) is 16.4.